The molecule has 1 aliphatic carbocycles. The summed E-state index contributed by atoms with van der Waals surface area (Å²) in [6.07, 6.45) is 5.73. The third-order valence-electron chi connectivity index (χ3n) is 5.68. The molecule has 3 unspecified atom stereocenters. The number of carbonyl (C=O) groups excluding carboxylic acids is 1. The molecule has 2 fully saturated rings. The Morgan fingerprint density at radius 1 is 1.11 bits per heavy atom. The first-order valence-corrected chi connectivity index (χ1v) is 11.0. The predicted octanol–water partition coefficient (Wildman–Crippen LogP) is 2.14. The molecule has 3 rings (SSSR count). The molecule has 0 spiro atoms. The number of hydrogen-bond acceptors (Lipinski definition) is 4. The van der Waals surface area contributed by atoms with Crippen molar-refractivity contribution in [3.05, 3.63) is 30.3 Å². The lowest BCUT2D eigenvalue weighted by atomic mass is 9.84. The van der Waals surface area contributed by atoms with E-state index in [9.17, 15) is 13.2 Å². The van der Waals surface area contributed by atoms with E-state index in [0.717, 1.165) is 25.7 Å². The van der Waals surface area contributed by atoms with E-state index in [1.165, 1.54) is 10.7 Å². The molecule has 1 saturated heterocycles. The molecule has 1 amide bonds. The van der Waals surface area contributed by atoms with Crippen molar-refractivity contribution in [1.29, 1.82) is 0 Å². The first kappa shape index (κ1) is 22.1. The molecular weight excluding hydrogens is 386 g/mol. The minimum Gasteiger partial charge on any atom is -0.353 e. The first-order valence-electron chi connectivity index (χ1n) is 9.58. The summed E-state index contributed by atoms with van der Waals surface area (Å²) < 4.78 is 27.1. The van der Waals surface area contributed by atoms with Gasteiger partial charge in [0.25, 0.3) is 0 Å². The summed E-state index contributed by atoms with van der Waals surface area (Å²) in [5, 5.41) is 3.16. The Kier molecular flexibility index (Phi) is 8.09. The second-order valence-corrected chi connectivity index (χ2v) is 9.35. The fraction of sp³-hybridized carbons (Fsp3) is 0.632. The van der Waals surface area contributed by atoms with Gasteiger partial charge in [-0.05, 0) is 50.3 Å². The average Bonchev–Trinajstić information content (AvgIpc) is 2.69. The molecule has 27 heavy (non-hydrogen) atoms. The number of halogens is 1. The molecule has 0 aromatic heterocycles. The Morgan fingerprint density at radius 2 is 1.81 bits per heavy atom. The maximum atomic E-state index is 12.8. The van der Waals surface area contributed by atoms with E-state index in [4.69, 9.17) is 5.73 Å². The van der Waals surface area contributed by atoms with E-state index in [-0.39, 0.29) is 41.7 Å². The molecule has 1 saturated carbocycles. The van der Waals surface area contributed by atoms with Crippen molar-refractivity contribution in [2.45, 2.75) is 49.5 Å². The molecule has 1 aromatic rings. The summed E-state index contributed by atoms with van der Waals surface area (Å²) in [6.45, 7) is 1.31. The van der Waals surface area contributed by atoms with Gasteiger partial charge in [-0.15, -0.1) is 12.4 Å². The van der Waals surface area contributed by atoms with Crippen molar-refractivity contribution in [2.24, 2.45) is 17.6 Å². The van der Waals surface area contributed by atoms with Crippen molar-refractivity contribution in [1.82, 2.24) is 9.62 Å². The monoisotopic (exact) mass is 415 g/mol. The van der Waals surface area contributed by atoms with Crippen LogP contribution in [0.4, 0.5) is 0 Å². The quantitative estimate of drug-likeness (QED) is 0.770. The number of carbonyl (C=O) groups is 1. The SMILES string of the molecule is Cl.NCC1CCCCC1NC(=O)C1CCCN(S(=O)(=O)c2ccccc2)C1. The number of amides is 1. The van der Waals surface area contributed by atoms with Crippen molar-refractivity contribution in [3.63, 3.8) is 0 Å². The fourth-order valence-corrected chi connectivity index (χ4v) is 5.64. The molecule has 0 bridgehead atoms. The lowest BCUT2D eigenvalue weighted by Gasteiger charge is -2.35. The number of nitrogens with two attached hydrogens (primary N) is 1. The molecule has 2 aliphatic rings. The third-order valence-corrected chi connectivity index (χ3v) is 7.55. The van der Waals surface area contributed by atoms with Gasteiger partial charge in [-0.1, -0.05) is 31.0 Å². The average molecular weight is 416 g/mol. The summed E-state index contributed by atoms with van der Waals surface area (Å²) >= 11 is 0. The Bertz CT molecular complexity index is 714. The maximum Gasteiger partial charge on any atom is 0.243 e. The number of nitrogens with zero attached hydrogens (tertiary/aromatic N) is 1. The van der Waals surface area contributed by atoms with Crippen molar-refractivity contribution in [3.8, 4) is 0 Å². The molecule has 1 aliphatic heterocycles. The highest BCUT2D eigenvalue weighted by molar-refractivity contribution is 7.89. The van der Waals surface area contributed by atoms with Crippen LogP contribution >= 0.6 is 12.4 Å². The van der Waals surface area contributed by atoms with Crippen LogP contribution in [0, 0.1) is 11.8 Å². The third kappa shape index (κ3) is 5.22. The van der Waals surface area contributed by atoms with E-state index >= 15 is 0 Å². The van der Waals surface area contributed by atoms with Gasteiger partial charge in [0.05, 0.1) is 10.8 Å². The lowest BCUT2D eigenvalue weighted by molar-refractivity contribution is -0.127. The fourth-order valence-electron chi connectivity index (χ4n) is 4.10. The minimum atomic E-state index is -3.54. The summed E-state index contributed by atoms with van der Waals surface area (Å²) in [7, 11) is -3.54. The van der Waals surface area contributed by atoms with Crippen LogP contribution in [0.1, 0.15) is 38.5 Å². The summed E-state index contributed by atoms with van der Waals surface area (Å²) in [4.78, 5) is 13.1. The predicted molar refractivity (Wildman–Crippen MR) is 108 cm³/mol. The van der Waals surface area contributed by atoms with E-state index in [0.29, 0.717) is 25.4 Å². The maximum absolute atomic E-state index is 12.8. The highest BCUT2D eigenvalue weighted by Crippen LogP contribution is 2.26. The Hall–Kier alpha value is -1.15. The Balaban J connectivity index is 0.00000261. The van der Waals surface area contributed by atoms with Crippen LogP contribution in [0.25, 0.3) is 0 Å². The van der Waals surface area contributed by atoms with Crippen molar-refractivity contribution >= 4 is 28.3 Å². The number of hydrogen-bond donors (Lipinski definition) is 2. The normalized spacial score (nSPS) is 26.8. The first-order chi connectivity index (χ1) is 12.5. The van der Waals surface area contributed by atoms with Crippen LogP contribution < -0.4 is 11.1 Å². The molecule has 3 N–H and O–H groups in total. The van der Waals surface area contributed by atoms with E-state index in [2.05, 4.69) is 5.32 Å². The van der Waals surface area contributed by atoms with Gasteiger partial charge in [0.2, 0.25) is 15.9 Å². The van der Waals surface area contributed by atoms with Gasteiger partial charge < -0.3 is 11.1 Å². The van der Waals surface area contributed by atoms with E-state index < -0.39 is 10.0 Å². The van der Waals surface area contributed by atoms with E-state index in [1.807, 2.05) is 0 Å². The highest BCUT2D eigenvalue weighted by atomic mass is 35.5. The molecule has 1 aromatic carbocycles. The smallest absolute Gasteiger partial charge is 0.243 e. The zero-order valence-corrected chi connectivity index (χ0v) is 17.2. The number of rotatable bonds is 5. The number of benzene rings is 1. The van der Waals surface area contributed by atoms with Gasteiger partial charge in [0.1, 0.15) is 0 Å². The zero-order chi connectivity index (χ0) is 18.6. The van der Waals surface area contributed by atoms with Gasteiger partial charge >= 0.3 is 0 Å². The van der Waals surface area contributed by atoms with Crippen LogP contribution in [0.2, 0.25) is 0 Å². The molecule has 6 nitrogen and oxygen atoms in total. The van der Waals surface area contributed by atoms with Crippen molar-refractivity contribution < 1.29 is 13.2 Å². The number of sulfonamides is 1. The van der Waals surface area contributed by atoms with Gasteiger partial charge in [0, 0.05) is 19.1 Å². The molecule has 8 heteroatoms. The topological polar surface area (TPSA) is 92.5 Å². The zero-order valence-electron chi connectivity index (χ0n) is 15.5. The summed E-state index contributed by atoms with van der Waals surface area (Å²) in [5.41, 5.74) is 5.85. The second kappa shape index (κ2) is 9.87. The van der Waals surface area contributed by atoms with Crippen LogP contribution in [0.15, 0.2) is 35.2 Å². The van der Waals surface area contributed by atoms with Gasteiger partial charge in [0.15, 0.2) is 0 Å². The molecular formula is C19H30ClN3O3S. The van der Waals surface area contributed by atoms with Crippen LogP contribution in [-0.4, -0.2) is 44.3 Å². The van der Waals surface area contributed by atoms with E-state index in [1.54, 1.807) is 30.3 Å². The van der Waals surface area contributed by atoms with Gasteiger partial charge in [-0.25, -0.2) is 8.42 Å². The summed E-state index contributed by atoms with van der Waals surface area (Å²) in [6, 6.07) is 8.57. The van der Waals surface area contributed by atoms with Crippen LogP contribution in [0.3, 0.4) is 0 Å². The number of piperidine rings is 1. The minimum absolute atomic E-state index is 0. The Morgan fingerprint density at radius 3 is 2.52 bits per heavy atom. The molecule has 152 valence electrons. The van der Waals surface area contributed by atoms with Gasteiger partial charge in [-0.2, -0.15) is 4.31 Å². The summed E-state index contributed by atoms with van der Waals surface area (Å²) in [5.74, 6) is 0.0198. The molecule has 1 heterocycles. The van der Waals surface area contributed by atoms with Crippen LogP contribution in [-0.2, 0) is 14.8 Å². The Labute approximate surface area is 168 Å². The molecule has 3 atom stereocenters. The van der Waals surface area contributed by atoms with Gasteiger partial charge in [-0.3, -0.25) is 4.79 Å². The lowest BCUT2D eigenvalue weighted by Crippen LogP contribution is -2.50. The molecule has 0 radical (unpaired) electrons. The standard InChI is InChI=1S/C19H29N3O3S.ClH/c20-13-15-7-4-5-11-18(15)21-19(23)16-8-6-12-22(14-16)26(24,25)17-9-2-1-3-10-17;/h1-3,9-10,15-16,18H,4-8,11-14,20H2,(H,21,23);1H. The largest absolute Gasteiger partial charge is 0.353 e. The highest BCUT2D eigenvalue weighted by Gasteiger charge is 2.35. The second-order valence-electron chi connectivity index (χ2n) is 7.41. The number of nitrogens with one attached hydrogen (secondary N) is 1. The van der Waals surface area contributed by atoms with Crippen molar-refractivity contribution in [2.75, 3.05) is 19.6 Å². The van der Waals surface area contributed by atoms with Crippen LogP contribution in [0.5, 0.6) is 0 Å².